The molecule has 0 saturated carbocycles. The number of carbonyl (C=O) groups excluding carboxylic acids is 1. The second kappa shape index (κ2) is 7.21. The normalized spacial score (nSPS) is 10.7. The van der Waals surface area contributed by atoms with Gasteiger partial charge in [0.05, 0.1) is 12.9 Å². The van der Waals surface area contributed by atoms with E-state index in [2.05, 4.69) is 10.3 Å². The number of rotatable bonds is 6. The standard InChI is InChI=1S/C17H16N2O3S/c20-10-13-5-3-12(4-6-13)7-8-18-16(21)14-11-23-17(19-14)15-2-1-9-22-15/h1-6,9,11,20H,7-8,10H2,(H,18,21). The Bertz CT molecular complexity index is 764. The van der Waals surface area contributed by atoms with Gasteiger partial charge in [-0.05, 0) is 29.7 Å². The number of aliphatic hydroxyl groups is 1. The molecule has 0 aliphatic carbocycles. The van der Waals surface area contributed by atoms with Crippen LogP contribution in [0.5, 0.6) is 0 Å². The number of furan rings is 1. The molecule has 1 aromatic carbocycles. The van der Waals surface area contributed by atoms with Crippen molar-refractivity contribution < 1.29 is 14.3 Å². The van der Waals surface area contributed by atoms with E-state index < -0.39 is 0 Å². The van der Waals surface area contributed by atoms with Crippen molar-refractivity contribution in [2.75, 3.05) is 6.54 Å². The molecule has 6 heteroatoms. The van der Waals surface area contributed by atoms with E-state index in [4.69, 9.17) is 9.52 Å². The molecular weight excluding hydrogens is 312 g/mol. The first-order valence-electron chi connectivity index (χ1n) is 7.22. The topological polar surface area (TPSA) is 75.4 Å². The minimum absolute atomic E-state index is 0.0405. The van der Waals surface area contributed by atoms with Crippen LogP contribution in [-0.4, -0.2) is 22.5 Å². The number of hydrogen-bond donors (Lipinski definition) is 2. The zero-order valence-corrected chi connectivity index (χ0v) is 13.2. The van der Waals surface area contributed by atoms with Crippen LogP contribution < -0.4 is 5.32 Å². The summed E-state index contributed by atoms with van der Waals surface area (Å²) >= 11 is 1.38. The van der Waals surface area contributed by atoms with E-state index in [1.807, 2.05) is 30.3 Å². The second-order valence-electron chi connectivity index (χ2n) is 5.00. The van der Waals surface area contributed by atoms with Crippen molar-refractivity contribution in [2.24, 2.45) is 0 Å². The zero-order valence-electron chi connectivity index (χ0n) is 12.4. The summed E-state index contributed by atoms with van der Waals surface area (Å²) in [6.45, 7) is 0.573. The van der Waals surface area contributed by atoms with E-state index in [1.165, 1.54) is 11.3 Å². The number of nitrogens with one attached hydrogen (secondary N) is 1. The maximum Gasteiger partial charge on any atom is 0.270 e. The SMILES string of the molecule is O=C(NCCc1ccc(CO)cc1)c1csc(-c2ccco2)n1. The summed E-state index contributed by atoms with van der Waals surface area (Å²) in [4.78, 5) is 16.4. The molecule has 0 radical (unpaired) electrons. The molecule has 0 fully saturated rings. The van der Waals surface area contributed by atoms with Crippen molar-refractivity contribution in [3.63, 3.8) is 0 Å². The molecule has 0 aliphatic heterocycles. The molecule has 2 aromatic heterocycles. The molecular formula is C17H16N2O3S. The minimum atomic E-state index is -0.189. The summed E-state index contributed by atoms with van der Waals surface area (Å²) < 4.78 is 5.27. The van der Waals surface area contributed by atoms with Crippen molar-refractivity contribution in [3.05, 3.63) is 64.9 Å². The molecule has 0 atom stereocenters. The smallest absolute Gasteiger partial charge is 0.270 e. The third kappa shape index (κ3) is 3.85. The van der Waals surface area contributed by atoms with Gasteiger partial charge in [-0.15, -0.1) is 11.3 Å². The van der Waals surface area contributed by atoms with Gasteiger partial charge in [0.2, 0.25) is 0 Å². The van der Waals surface area contributed by atoms with Crippen LogP contribution in [-0.2, 0) is 13.0 Å². The minimum Gasteiger partial charge on any atom is -0.462 e. The van der Waals surface area contributed by atoms with E-state index >= 15 is 0 Å². The van der Waals surface area contributed by atoms with Gasteiger partial charge < -0.3 is 14.8 Å². The van der Waals surface area contributed by atoms with Crippen LogP contribution in [0.3, 0.4) is 0 Å². The molecule has 3 rings (SSSR count). The Labute approximate surface area is 137 Å². The van der Waals surface area contributed by atoms with Crippen molar-refractivity contribution in [3.8, 4) is 10.8 Å². The number of amides is 1. The molecule has 3 aromatic rings. The average Bonchev–Trinajstić information content (AvgIpc) is 3.26. The summed E-state index contributed by atoms with van der Waals surface area (Å²) in [5, 5.41) is 14.3. The second-order valence-corrected chi connectivity index (χ2v) is 5.85. The monoisotopic (exact) mass is 328 g/mol. The first-order chi connectivity index (χ1) is 11.3. The number of aliphatic hydroxyl groups excluding tert-OH is 1. The Morgan fingerprint density at radius 2 is 2.00 bits per heavy atom. The Balaban J connectivity index is 1.53. The maximum atomic E-state index is 12.1. The summed E-state index contributed by atoms with van der Waals surface area (Å²) in [6, 6.07) is 11.3. The highest BCUT2D eigenvalue weighted by molar-refractivity contribution is 7.13. The van der Waals surface area contributed by atoms with Gasteiger partial charge in [-0.3, -0.25) is 4.79 Å². The quantitative estimate of drug-likeness (QED) is 0.729. The van der Waals surface area contributed by atoms with Crippen LogP contribution in [0.1, 0.15) is 21.6 Å². The molecule has 0 aliphatic rings. The summed E-state index contributed by atoms with van der Waals surface area (Å²) in [5.74, 6) is 0.476. The van der Waals surface area contributed by atoms with Crippen molar-refractivity contribution in [1.29, 1.82) is 0 Å². The predicted molar refractivity (Wildman–Crippen MR) is 88.2 cm³/mol. The van der Waals surface area contributed by atoms with Gasteiger partial charge in [-0.1, -0.05) is 24.3 Å². The molecule has 0 spiro atoms. The Kier molecular flexibility index (Phi) is 4.85. The summed E-state index contributed by atoms with van der Waals surface area (Å²) in [5.41, 5.74) is 2.39. The number of benzene rings is 1. The van der Waals surface area contributed by atoms with Crippen molar-refractivity contribution >= 4 is 17.2 Å². The first kappa shape index (κ1) is 15.5. The van der Waals surface area contributed by atoms with E-state index in [-0.39, 0.29) is 12.5 Å². The third-order valence-electron chi connectivity index (χ3n) is 3.37. The zero-order chi connectivity index (χ0) is 16.1. The van der Waals surface area contributed by atoms with Crippen LogP contribution in [0.4, 0.5) is 0 Å². The van der Waals surface area contributed by atoms with Gasteiger partial charge in [-0.25, -0.2) is 4.98 Å². The molecule has 2 N–H and O–H groups in total. The van der Waals surface area contributed by atoms with Crippen molar-refractivity contribution in [2.45, 2.75) is 13.0 Å². The fraction of sp³-hybridized carbons (Fsp3) is 0.176. The van der Waals surface area contributed by atoms with Gasteiger partial charge in [0.1, 0.15) is 5.69 Å². The van der Waals surface area contributed by atoms with Crippen molar-refractivity contribution in [1.82, 2.24) is 10.3 Å². The largest absolute Gasteiger partial charge is 0.462 e. The number of thiazole rings is 1. The number of hydrogen-bond acceptors (Lipinski definition) is 5. The number of nitrogens with zero attached hydrogens (tertiary/aromatic N) is 1. The van der Waals surface area contributed by atoms with E-state index in [0.717, 1.165) is 17.5 Å². The highest BCUT2D eigenvalue weighted by Gasteiger charge is 2.12. The lowest BCUT2D eigenvalue weighted by molar-refractivity contribution is 0.0950. The predicted octanol–water partition coefficient (Wildman–Crippen LogP) is 2.87. The highest BCUT2D eigenvalue weighted by atomic mass is 32.1. The van der Waals surface area contributed by atoms with Crippen LogP contribution >= 0.6 is 11.3 Å². The van der Waals surface area contributed by atoms with Crippen LogP contribution in [0.25, 0.3) is 10.8 Å². The summed E-state index contributed by atoms with van der Waals surface area (Å²) in [7, 11) is 0. The Morgan fingerprint density at radius 3 is 2.70 bits per heavy atom. The molecule has 0 saturated heterocycles. The van der Waals surface area contributed by atoms with Crippen LogP contribution in [0.2, 0.25) is 0 Å². The lowest BCUT2D eigenvalue weighted by Crippen LogP contribution is -2.25. The lowest BCUT2D eigenvalue weighted by atomic mass is 10.1. The summed E-state index contributed by atoms with van der Waals surface area (Å²) in [6.07, 6.45) is 2.31. The van der Waals surface area contributed by atoms with Crippen LogP contribution in [0, 0.1) is 0 Å². The molecule has 23 heavy (non-hydrogen) atoms. The van der Waals surface area contributed by atoms with E-state index in [9.17, 15) is 4.79 Å². The number of carbonyl (C=O) groups is 1. The fourth-order valence-electron chi connectivity index (χ4n) is 2.11. The molecule has 2 heterocycles. The van der Waals surface area contributed by atoms with Gasteiger partial charge in [0.25, 0.3) is 5.91 Å². The first-order valence-corrected chi connectivity index (χ1v) is 8.10. The molecule has 0 bridgehead atoms. The Morgan fingerprint density at radius 1 is 1.22 bits per heavy atom. The average molecular weight is 328 g/mol. The number of aromatic nitrogens is 1. The third-order valence-corrected chi connectivity index (χ3v) is 4.23. The molecule has 1 amide bonds. The maximum absolute atomic E-state index is 12.1. The van der Waals surface area contributed by atoms with E-state index in [1.54, 1.807) is 17.7 Å². The van der Waals surface area contributed by atoms with Gasteiger partial charge in [0, 0.05) is 11.9 Å². The fourth-order valence-corrected chi connectivity index (χ4v) is 2.88. The molecule has 5 nitrogen and oxygen atoms in total. The van der Waals surface area contributed by atoms with E-state index in [0.29, 0.717) is 23.0 Å². The lowest BCUT2D eigenvalue weighted by Gasteiger charge is -2.04. The van der Waals surface area contributed by atoms with Gasteiger partial charge in [-0.2, -0.15) is 0 Å². The highest BCUT2D eigenvalue weighted by Crippen LogP contribution is 2.23. The van der Waals surface area contributed by atoms with Crippen LogP contribution in [0.15, 0.2) is 52.5 Å². The van der Waals surface area contributed by atoms with Gasteiger partial charge in [0.15, 0.2) is 10.8 Å². The molecule has 0 unspecified atom stereocenters. The molecule has 118 valence electrons. The van der Waals surface area contributed by atoms with Gasteiger partial charge >= 0.3 is 0 Å². The Hall–Kier alpha value is -2.44.